The summed E-state index contributed by atoms with van der Waals surface area (Å²) in [6, 6.07) is 5.91. The molecule has 1 saturated carbocycles. The molecule has 1 aromatic carbocycles. The van der Waals surface area contributed by atoms with Crippen LogP contribution in [-0.4, -0.2) is 21.9 Å². The van der Waals surface area contributed by atoms with Crippen LogP contribution in [0.3, 0.4) is 0 Å². The van der Waals surface area contributed by atoms with Gasteiger partial charge in [-0.2, -0.15) is 0 Å². The number of rotatable bonds is 2. The van der Waals surface area contributed by atoms with Gasteiger partial charge in [-0.25, -0.2) is 18.7 Å². The number of anilines is 1. The molecule has 4 nitrogen and oxygen atoms in total. The average Bonchev–Trinajstić information content (AvgIpc) is 2.50. The highest BCUT2D eigenvalue weighted by Crippen LogP contribution is 2.33. The van der Waals surface area contributed by atoms with Crippen molar-refractivity contribution in [2.75, 3.05) is 5.73 Å². The van der Waals surface area contributed by atoms with Crippen molar-refractivity contribution >= 4 is 11.6 Å². The smallest absolute Gasteiger partial charge is 0.166 e. The molecule has 0 amide bonds. The fourth-order valence-corrected chi connectivity index (χ4v) is 2.70. The summed E-state index contributed by atoms with van der Waals surface area (Å²) < 4.78 is 27.0. The quantitative estimate of drug-likeness (QED) is 0.926. The molecule has 3 rings (SSSR count). The SMILES string of the molecule is Nc1ncc([C@@H]2CCC(=O)[C@@H](F)C2)nc1-c1cccc(F)c1. The Labute approximate surface area is 126 Å². The maximum absolute atomic E-state index is 13.6. The predicted octanol–water partition coefficient (Wildman–Crippen LogP) is 3.04. The van der Waals surface area contributed by atoms with Gasteiger partial charge >= 0.3 is 0 Å². The van der Waals surface area contributed by atoms with Crippen LogP contribution in [0.4, 0.5) is 14.6 Å². The third-order valence-corrected chi connectivity index (χ3v) is 3.92. The largest absolute Gasteiger partial charge is 0.382 e. The first-order valence-corrected chi connectivity index (χ1v) is 7.09. The topological polar surface area (TPSA) is 68.9 Å². The molecule has 1 heterocycles. The third-order valence-electron chi connectivity index (χ3n) is 3.92. The fourth-order valence-electron chi connectivity index (χ4n) is 2.70. The summed E-state index contributed by atoms with van der Waals surface area (Å²) in [4.78, 5) is 19.8. The van der Waals surface area contributed by atoms with Crippen molar-refractivity contribution in [1.82, 2.24) is 9.97 Å². The number of carbonyl (C=O) groups is 1. The normalized spacial score (nSPS) is 21.8. The number of halogens is 2. The van der Waals surface area contributed by atoms with Crippen LogP contribution >= 0.6 is 0 Å². The van der Waals surface area contributed by atoms with Crippen LogP contribution < -0.4 is 5.73 Å². The first-order chi connectivity index (χ1) is 10.5. The molecule has 114 valence electrons. The Balaban J connectivity index is 1.95. The number of aromatic nitrogens is 2. The average molecular weight is 303 g/mol. The summed E-state index contributed by atoms with van der Waals surface area (Å²) in [5, 5.41) is 0. The number of nitrogen functional groups attached to an aromatic ring is 1. The van der Waals surface area contributed by atoms with Crippen LogP contribution in [0.25, 0.3) is 11.3 Å². The van der Waals surface area contributed by atoms with Crippen LogP contribution in [0, 0.1) is 5.82 Å². The summed E-state index contributed by atoms with van der Waals surface area (Å²) >= 11 is 0. The van der Waals surface area contributed by atoms with E-state index in [0.29, 0.717) is 23.4 Å². The fraction of sp³-hybridized carbons (Fsp3) is 0.312. The first kappa shape index (κ1) is 14.6. The highest BCUT2D eigenvalue weighted by atomic mass is 19.1. The number of nitrogens with two attached hydrogens (primary N) is 1. The van der Waals surface area contributed by atoms with Crippen LogP contribution in [0.1, 0.15) is 30.9 Å². The minimum atomic E-state index is -1.45. The Morgan fingerprint density at radius 3 is 2.86 bits per heavy atom. The van der Waals surface area contributed by atoms with Crippen molar-refractivity contribution in [3.05, 3.63) is 42.0 Å². The lowest BCUT2D eigenvalue weighted by atomic mass is 9.85. The standard InChI is InChI=1S/C16H15F2N3O/c17-11-3-1-2-10(6-11)15-16(19)20-8-13(21-15)9-4-5-14(22)12(18)7-9/h1-3,6,8-9,12H,4-5,7H2,(H2,19,20)/t9-,12+/m1/s1. The van der Waals surface area contributed by atoms with Crippen molar-refractivity contribution in [3.8, 4) is 11.3 Å². The number of ketones is 1. The third kappa shape index (κ3) is 2.81. The molecule has 6 heteroatoms. The van der Waals surface area contributed by atoms with Gasteiger partial charge in [0.25, 0.3) is 0 Å². The molecular weight excluding hydrogens is 288 g/mol. The maximum atomic E-state index is 13.6. The van der Waals surface area contributed by atoms with Gasteiger partial charge < -0.3 is 5.73 Å². The lowest BCUT2D eigenvalue weighted by Gasteiger charge is -2.23. The summed E-state index contributed by atoms with van der Waals surface area (Å²) in [7, 11) is 0. The van der Waals surface area contributed by atoms with E-state index in [1.54, 1.807) is 12.1 Å². The van der Waals surface area contributed by atoms with Gasteiger partial charge in [0.2, 0.25) is 0 Å². The first-order valence-electron chi connectivity index (χ1n) is 7.09. The molecular formula is C16H15F2N3O. The van der Waals surface area contributed by atoms with Crippen LogP contribution in [0.2, 0.25) is 0 Å². The van der Waals surface area contributed by atoms with Crippen molar-refractivity contribution in [1.29, 1.82) is 0 Å². The Morgan fingerprint density at radius 2 is 2.14 bits per heavy atom. The van der Waals surface area contributed by atoms with E-state index < -0.39 is 12.0 Å². The Morgan fingerprint density at radius 1 is 1.32 bits per heavy atom. The number of benzene rings is 1. The molecule has 0 aliphatic heterocycles. The van der Waals surface area contributed by atoms with Gasteiger partial charge in [-0.3, -0.25) is 4.79 Å². The number of alkyl halides is 1. The zero-order valence-electron chi connectivity index (χ0n) is 11.8. The van der Waals surface area contributed by atoms with Gasteiger partial charge in [-0.05, 0) is 25.0 Å². The van der Waals surface area contributed by atoms with E-state index >= 15 is 0 Å². The van der Waals surface area contributed by atoms with Crippen LogP contribution in [0.15, 0.2) is 30.5 Å². The lowest BCUT2D eigenvalue weighted by Crippen LogP contribution is -2.25. The molecule has 0 unspecified atom stereocenters. The van der Waals surface area contributed by atoms with E-state index in [0.717, 1.165) is 0 Å². The zero-order valence-corrected chi connectivity index (χ0v) is 11.8. The molecule has 1 aromatic heterocycles. The van der Waals surface area contributed by atoms with Crippen molar-refractivity contribution < 1.29 is 13.6 Å². The second kappa shape index (κ2) is 5.79. The van der Waals surface area contributed by atoms with Gasteiger partial charge in [-0.1, -0.05) is 12.1 Å². The van der Waals surface area contributed by atoms with Crippen LogP contribution in [-0.2, 0) is 4.79 Å². The molecule has 2 aromatic rings. The predicted molar refractivity (Wildman–Crippen MR) is 78.3 cm³/mol. The zero-order chi connectivity index (χ0) is 15.7. The van der Waals surface area contributed by atoms with Crippen molar-refractivity contribution in [2.24, 2.45) is 0 Å². The maximum Gasteiger partial charge on any atom is 0.166 e. The number of Topliss-reactive ketones (excluding diaryl/α,β-unsaturated/α-hetero) is 1. The van der Waals surface area contributed by atoms with E-state index in [1.807, 2.05) is 0 Å². The van der Waals surface area contributed by atoms with Crippen LogP contribution in [0.5, 0.6) is 0 Å². The van der Waals surface area contributed by atoms with E-state index in [1.165, 1.54) is 18.3 Å². The molecule has 0 spiro atoms. The van der Waals surface area contributed by atoms with Gasteiger partial charge in [0, 0.05) is 17.9 Å². The molecule has 1 aliphatic rings. The number of nitrogens with zero attached hydrogens (tertiary/aromatic N) is 2. The molecule has 2 N–H and O–H groups in total. The molecule has 1 aliphatic carbocycles. The monoisotopic (exact) mass is 303 g/mol. The highest BCUT2D eigenvalue weighted by molar-refractivity contribution is 5.83. The Bertz CT molecular complexity index is 720. The minimum absolute atomic E-state index is 0.111. The molecule has 0 bridgehead atoms. The molecule has 0 saturated heterocycles. The van der Waals surface area contributed by atoms with E-state index in [4.69, 9.17) is 5.73 Å². The molecule has 22 heavy (non-hydrogen) atoms. The molecule has 0 radical (unpaired) electrons. The van der Waals surface area contributed by atoms with Gasteiger partial charge in [-0.15, -0.1) is 0 Å². The number of hydrogen-bond acceptors (Lipinski definition) is 4. The lowest BCUT2D eigenvalue weighted by molar-refractivity contribution is -0.125. The second-order valence-corrected chi connectivity index (χ2v) is 5.44. The summed E-state index contributed by atoms with van der Waals surface area (Å²) in [6.07, 6.45) is 0.912. The second-order valence-electron chi connectivity index (χ2n) is 5.44. The Hall–Kier alpha value is -2.37. The Kier molecular flexibility index (Phi) is 3.83. The molecule has 2 atom stereocenters. The van der Waals surface area contributed by atoms with Gasteiger partial charge in [0.1, 0.15) is 17.3 Å². The minimum Gasteiger partial charge on any atom is -0.382 e. The van der Waals surface area contributed by atoms with E-state index in [9.17, 15) is 13.6 Å². The summed E-state index contributed by atoms with van der Waals surface area (Å²) in [5.74, 6) is -0.729. The number of hydrogen-bond donors (Lipinski definition) is 1. The van der Waals surface area contributed by atoms with Crippen molar-refractivity contribution in [3.63, 3.8) is 0 Å². The molecule has 1 fully saturated rings. The van der Waals surface area contributed by atoms with Crippen molar-refractivity contribution in [2.45, 2.75) is 31.4 Å². The summed E-state index contributed by atoms with van der Waals surface area (Å²) in [6.45, 7) is 0. The van der Waals surface area contributed by atoms with E-state index in [2.05, 4.69) is 9.97 Å². The summed E-state index contributed by atoms with van der Waals surface area (Å²) in [5.41, 5.74) is 7.32. The number of carbonyl (C=O) groups excluding carboxylic acids is 1. The van der Waals surface area contributed by atoms with E-state index in [-0.39, 0.29) is 30.4 Å². The van der Waals surface area contributed by atoms with Gasteiger partial charge in [0.15, 0.2) is 12.0 Å². The van der Waals surface area contributed by atoms with Gasteiger partial charge in [0.05, 0.1) is 11.9 Å². The highest BCUT2D eigenvalue weighted by Gasteiger charge is 2.30.